The fraction of sp³-hybridized carbons (Fsp3) is 0.364. The zero-order chi connectivity index (χ0) is 18.9. The van der Waals surface area contributed by atoms with E-state index < -0.39 is 5.60 Å². The van der Waals surface area contributed by atoms with Crippen LogP contribution in [0.5, 0.6) is 0 Å². The molecular weight excluding hydrogens is 378 g/mol. The third-order valence-corrected chi connectivity index (χ3v) is 7.21. The van der Waals surface area contributed by atoms with Crippen LogP contribution in [0.4, 0.5) is 0 Å². The van der Waals surface area contributed by atoms with Crippen molar-refractivity contribution in [3.05, 3.63) is 75.4 Å². The lowest BCUT2D eigenvalue weighted by Gasteiger charge is -2.28. The van der Waals surface area contributed by atoms with Crippen molar-refractivity contribution < 1.29 is 9.90 Å². The van der Waals surface area contributed by atoms with Crippen LogP contribution >= 0.6 is 23.4 Å². The summed E-state index contributed by atoms with van der Waals surface area (Å²) in [7, 11) is 0. The average molecular weight is 400 g/mol. The lowest BCUT2D eigenvalue weighted by atomic mass is 9.79. The Morgan fingerprint density at radius 3 is 2.56 bits per heavy atom. The molecule has 1 aromatic heterocycles. The second-order valence-electron chi connectivity index (χ2n) is 7.30. The van der Waals surface area contributed by atoms with Crippen LogP contribution in [0.3, 0.4) is 0 Å². The van der Waals surface area contributed by atoms with Crippen molar-refractivity contribution in [1.29, 1.82) is 0 Å². The molecule has 3 nitrogen and oxygen atoms in total. The third kappa shape index (κ3) is 3.58. The standard InChI is InChI=1S/C22H22ClNO2S/c23-18-10-8-17(9-11-18)22(26)14-27-21(15-5-2-1-3-6-15)19(22)20(25)16-7-4-12-24-13-16/h4,7-13,15,26H,1-3,5-6,14H2. The number of hydrogen-bond donors (Lipinski definition) is 1. The summed E-state index contributed by atoms with van der Waals surface area (Å²) < 4.78 is 0. The number of thioether (sulfide) groups is 1. The number of allylic oxidation sites excluding steroid dienone is 1. The van der Waals surface area contributed by atoms with Gasteiger partial charge < -0.3 is 5.11 Å². The van der Waals surface area contributed by atoms with E-state index in [-0.39, 0.29) is 5.78 Å². The number of aromatic nitrogens is 1. The molecule has 1 unspecified atom stereocenters. The SMILES string of the molecule is O=C(C1=C(C2CCCCC2)SCC1(O)c1ccc(Cl)cc1)c1cccnc1. The zero-order valence-corrected chi connectivity index (χ0v) is 16.6. The van der Waals surface area contributed by atoms with Crippen molar-refractivity contribution in [3.8, 4) is 0 Å². The maximum Gasteiger partial charge on any atom is 0.194 e. The number of carbonyl (C=O) groups is 1. The molecular formula is C22H22ClNO2S. The lowest BCUT2D eigenvalue weighted by molar-refractivity contribution is 0.0808. The molecule has 1 aromatic carbocycles. The number of benzene rings is 1. The number of nitrogens with zero attached hydrogens (tertiary/aromatic N) is 1. The predicted octanol–water partition coefficient (Wildman–Crippen LogP) is 5.39. The molecule has 1 atom stereocenters. The summed E-state index contributed by atoms with van der Waals surface area (Å²) in [5.41, 5.74) is 0.484. The summed E-state index contributed by atoms with van der Waals surface area (Å²) in [5, 5.41) is 12.3. The molecule has 0 spiro atoms. The van der Waals surface area contributed by atoms with E-state index in [0.717, 1.165) is 23.3 Å². The van der Waals surface area contributed by atoms with Gasteiger partial charge in [-0.3, -0.25) is 9.78 Å². The summed E-state index contributed by atoms with van der Waals surface area (Å²) >= 11 is 7.68. The van der Waals surface area contributed by atoms with Gasteiger partial charge in [0, 0.05) is 34.3 Å². The van der Waals surface area contributed by atoms with Crippen LogP contribution in [0.2, 0.25) is 5.02 Å². The first-order chi connectivity index (χ1) is 13.1. The quantitative estimate of drug-likeness (QED) is 0.700. The van der Waals surface area contributed by atoms with Gasteiger partial charge in [0.05, 0.1) is 0 Å². The summed E-state index contributed by atoms with van der Waals surface area (Å²) in [6.07, 6.45) is 9.03. The van der Waals surface area contributed by atoms with E-state index in [1.807, 2.05) is 12.1 Å². The van der Waals surface area contributed by atoms with Gasteiger partial charge in [-0.15, -0.1) is 11.8 Å². The Balaban J connectivity index is 1.82. The fourth-order valence-corrected chi connectivity index (χ4v) is 5.79. The van der Waals surface area contributed by atoms with Crippen molar-refractivity contribution in [3.63, 3.8) is 0 Å². The maximum absolute atomic E-state index is 13.5. The molecule has 5 heteroatoms. The molecule has 1 fully saturated rings. The summed E-state index contributed by atoms with van der Waals surface area (Å²) in [5.74, 6) is 0.703. The molecule has 2 aliphatic rings. The molecule has 0 saturated heterocycles. The Bertz CT molecular complexity index is 860. The van der Waals surface area contributed by atoms with Crippen molar-refractivity contribution in [2.75, 3.05) is 5.75 Å². The van der Waals surface area contributed by atoms with Crippen molar-refractivity contribution >= 4 is 29.1 Å². The maximum atomic E-state index is 13.5. The lowest BCUT2D eigenvalue weighted by Crippen LogP contribution is -2.33. The Labute approximate surface area is 168 Å². The molecule has 140 valence electrons. The van der Waals surface area contributed by atoms with Crippen LogP contribution in [0.25, 0.3) is 0 Å². The Morgan fingerprint density at radius 1 is 1.15 bits per heavy atom. The fourth-order valence-electron chi connectivity index (χ4n) is 4.11. The highest BCUT2D eigenvalue weighted by atomic mass is 35.5. The molecule has 2 heterocycles. The summed E-state index contributed by atoms with van der Waals surface area (Å²) in [4.78, 5) is 18.6. The first-order valence-corrected chi connectivity index (χ1v) is 10.8. The minimum atomic E-state index is -1.30. The molecule has 0 bridgehead atoms. The van der Waals surface area contributed by atoms with Gasteiger partial charge in [-0.2, -0.15) is 0 Å². The van der Waals surface area contributed by atoms with Gasteiger partial charge in [0.2, 0.25) is 0 Å². The molecule has 27 heavy (non-hydrogen) atoms. The van der Waals surface area contributed by atoms with Crippen molar-refractivity contribution in [1.82, 2.24) is 4.98 Å². The van der Waals surface area contributed by atoms with E-state index in [4.69, 9.17) is 11.6 Å². The highest BCUT2D eigenvalue weighted by Crippen LogP contribution is 2.51. The molecule has 0 amide bonds. The van der Waals surface area contributed by atoms with Gasteiger partial charge in [-0.1, -0.05) is 43.0 Å². The Morgan fingerprint density at radius 2 is 1.89 bits per heavy atom. The Hall–Kier alpha value is -1.62. The first-order valence-electron chi connectivity index (χ1n) is 9.40. The highest BCUT2D eigenvalue weighted by Gasteiger charge is 2.46. The molecule has 0 radical (unpaired) electrons. The molecule has 1 saturated carbocycles. The van der Waals surface area contributed by atoms with Gasteiger partial charge in [-0.25, -0.2) is 0 Å². The van der Waals surface area contributed by atoms with Gasteiger partial charge in [-0.05, 0) is 53.5 Å². The number of ketones is 1. The molecule has 1 aliphatic carbocycles. The van der Waals surface area contributed by atoms with E-state index >= 15 is 0 Å². The molecule has 1 aliphatic heterocycles. The smallest absolute Gasteiger partial charge is 0.194 e. The molecule has 2 aromatic rings. The van der Waals surface area contributed by atoms with Crippen LogP contribution in [0, 0.1) is 5.92 Å². The molecule has 1 N–H and O–H groups in total. The number of rotatable bonds is 4. The predicted molar refractivity (Wildman–Crippen MR) is 110 cm³/mol. The number of pyridine rings is 1. The van der Waals surface area contributed by atoms with Crippen molar-refractivity contribution in [2.45, 2.75) is 37.7 Å². The van der Waals surface area contributed by atoms with E-state index in [0.29, 0.717) is 27.8 Å². The minimum absolute atomic E-state index is 0.119. The first kappa shape index (κ1) is 18.7. The number of hydrogen-bond acceptors (Lipinski definition) is 4. The minimum Gasteiger partial charge on any atom is -0.379 e. The Kier molecular flexibility index (Phi) is 5.40. The summed E-state index contributed by atoms with van der Waals surface area (Å²) in [6, 6.07) is 10.7. The van der Waals surface area contributed by atoms with E-state index in [1.54, 1.807) is 48.4 Å². The number of aliphatic hydroxyl groups is 1. The average Bonchev–Trinajstić information content (AvgIpc) is 3.07. The van der Waals surface area contributed by atoms with E-state index in [9.17, 15) is 9.90 Å². The van der Waals surface area contributed by atoms with Crippen LogP contribution in [0.15, 0.2) is 59.3 Å². The summed E-state index contributed by atoms with van der Waals surface area (Å²) in [6.45, 7) is 0. The van der Waals surface area contributed by atoms with Crippen LogP contribution in [-0.4, -0.2) is 21.6 Å². The highest BCUT2D eigenvalue weighted by molar-refractivity contribution is 8.03. The van der Waals surface area contributed by atoms with Crippen molar-refractivity contribution in [2.24, 2.45) is 5.92 Å². The van der Waals surface area contributed by atoms with E-state index in [1.165, 1.54) is 19.3 Å². The second kappa shape index (κ2) is 7.78. The van der Waals surface area contributed by atoms with Gasteiger partial charge >= 0.3 is 0 Å². The number of Topliss-reactive ketones (excluding diaryl/α,β-unsaturated/α-hetero) is 1. The zero-order valence-electron chi connectivity index (χ0n) is 15.0. The van der Waals surface area contributed by atoms with Gasteiger partial charge in [0.1, 0.15) is 5.60 Å². The van der Waals surface area contributed by atoms with Gasteiger partial charge in [0.25, 0.3) is 0 Å². The normalized spacial score (nSPS) is 23.6. The third-order valence-electron chi connectivity index (χ3n) is 5.55. The van der Waals surface area contributed by atoms with E-state index in [2.05, 4.69) is 4.98 Å². The van der Waals surface area contributed by atoms with Crippen LogP contribution in [-0.2, 0) is 5.60 Å². The number of carbonyl (C=O) groups excluding carboxylic acids is 1. The largest absolute Gasteiger partial charge is 0.379 e. The monoisotopic (exact) mass is 399 g/mol. The topological polar surface area (TPSA) is 50.2 Å². The number of halogens is 1. The second-order valence-corrected chi connectivity index (χ2v) is 8.75. The van der Waals surface area contributed by atoms with Crippen LogP contribution in [0.1, 0.15) is 48.0 Å². The van der Waals surface area contributed by atoms with Gasteiger partial charge in [0.15, 0.2) is 5.78 Å². The molecule has 4 rings (SSSR count). The van der Waals surface area contributed by atoms with Crippen LogP contribution < -0.4 is 0 Å².